The van der Waals surface area contributed by atoms with Crippen LogP contribution in [-0.4, -0.2) is 27.5 Å². The van der Waals surface area contributed by atoms with Crippen LogP contribution in [0.1, 0.15) is 12.5 Å². The van der Waals surface area contributed by atoms with Crippen LogP contribution in [0.3, 0.4) is 0 Å². The summed E-state index contributed by atoms with van der Waals surface area (Å²) in [6, 6.07) is 17.7. The molecule has 0 heterocycles. The van der Waals surface area contributed by atoms with E-state index in [9.17, 15) is 13.2 Å². The summed E-state index contributed by atoms with van der Waals surface area (Å²) in [6.07, 6.45) is 0. The lowest BCUT2D eigenvalue weighted by Gasteiger charge is -2.25. The Morgan fingerprint density at radius 1 is 1.00 bits per heavy atom. The minimum absolute atomic E-state index is 0.0433. The number of carbonyl (C=O) groups is 1. The normalized spacial score (nSPS) is 11.1. The first kappa shape index (κ1) is 23.9. The molecule has 0 aromatic heterocycles. The third-order valence-electron chi connectivity index (χ3n) is 4.49. The van der Waals surface area contributed by atoms with Crippen LogP contribution >= 0.6 is 23.2 Å². The van der Waals surface area contributed by atoms with Gasteiger partial charge >= 0.3 is 0 Å². The van der Waals surface area contributed by atoms with Gasteiger partial charge in [-0.25, -0.2) is 8.42 Å². The number of anilines is 2. The minimum Gasteiger partial charge on any atom is -0.492 e. The highest BCUT2D eigenvalue weighted by Crippen LogP contribution is 2.30. The van der Waals surface area contributed by atoms with Crippen LogP contribution in [0.4, 0.5) is 11.4 Å². The van der Waals surface area contributed by atoms with Gasteiger partial charge in [-0.1, -0.05) is 53.0 Å². The topological polar surface area (TPSA) is 75.7 Å². The van der Waals surface area contributed by atoms with E-state index in [1.807, 2.05) is 13.8 Å². The quantitative estimate of drug-likeness (QED) is 0.448. The number of nitrogens with zero attached hydrogens (tertiary/aromatic N) is 1. The number of benzene rings is 3. The first-order valence-corrected chi connectivity index (χ1v) is 12.0. The van der Waals surface area contributed by atoms with Crippen molar-refractivity contribution >= 4 is 50.5 Å². The van der Waals surface area contributed by atoms with Gasteiger partial charge in [-0.2, -0.15) is 0 Å². The Morgan fingerprint density at radius 3 is 2.25 bits per heavy atom. The molecule has 0 aliphatic heterocycles. The van der Waals surface area contributed by atoms with Gasteiger partial charge < -0.3 is 10.1 Å². The second-order valence-electron chi connectivity index (χ2n) is 6.93. The van der Waals surface area contributed by atoms with E-state index in [1.54, 1.807) is 36.4 Å². The molecule has 0 fully saturated rings. The predicted octanol–water partition coefficient (Wildman–Crippen LogP) is 5.53. The monoisotopic (exact) mass is 492 g/mol. The molecule has 0 unspecified atom stereocenters. The second kappa shape index (κ2) is 10.3. The maximum absolute atomic E-state index is 13.5. The lowest BCUT2D eigenvalue weighted by atomic mass is 10.2. The zero-order valence-electron chi connectivity index (χ0n) is 17.5. The number of amides is 1. The molecule has 3 aromatic rings. The highest BCUT2D eigenvalue weighted by molar-refractivity contribution is 7.92. The van der Waals surface area contributed by atoms with Gasteiger partial charge in [0, 0.05) is 10.0 Å². The molecule has 0 saturated carbocycles. The van der Waals surface area contributed by atoms with E-state index in [1.165, 1.54) is 30.3 Å². The lowest BCUT2D eigenvalue weighted by molar-refractivity contribution is -0.114. The van der Waals surface area contributed by atoms with Crippen molar-refractivity contribution in [2.45, 2.75) is 18.7 Å². The van der Waals surface area contributed by atoms with Crippen molar-refractivity contribution in [1.29, 1.82) is 0 Å². The summed E-state index contributed by atoms with van der Waals surface area (Å²) in [5.41, 5.74) is 1.53. The molecule has 0 radical (unpaired) electrons. The molecule has 3 rings (SSSR count). The number of carbonyl (C=O) groups excluding carboxylic acids is 1. The van der Waals surface area contributed by atoms with Crippen LogP contribution in [0.25, 0.3) is 0 Å². The standard InChI is InChI=1S/C23H22Cl2N2O4S/c1-3-31-22-7-5-4-6-21(22)26-23(28)15-27(19-13-17(24)12-18(25)14-19)32(29,30)20-10-8-16(2)9-11-20/h4-14H,3,15H2,1-2H3,(H,26,28). The van der Waals surface area contributed by atoms with Gasteiger partial charge in [-0.3, -0.25) is 9.10 Å². The molecular weight excluding hydrogens is 471 g/mol. The maximum Gasteiger partial charge on any atom is 0.264 e. The van der Waals surface area contributed by atoms with E-state index >= 15 is 0 Å². The Hall–Kier alpha value is -2.74. The number of ether oxygens (including phenoxy) is 1. The van der Waals surface area contributed by atoms with Gasteiger partial charge in [0.15, 0.2) is 0 Å². The molecule has 32 heavy (non-hydrogen) atoms. The van der Waals surface area contributed by atoms with Crippen LogP contribution in [0.2, 0.25) is 10.0 Å². The molecule has 168 valence electrons. The van der Waals surface area contributed by atoms with Crippen LogP contribution < -0.4 is 14.4 Å². The first-order chi connectivity index (χ1) is 15.2. The van der Waals surface area contributed by atoms with Gasteiger partial charge in [-0.05, 0) is 56.3 Å². The van der Waals surface area contributed by atoms with Crippen molar-refractivity contribution in [2.75, 3.05) is 22.8 Å². The van der Waals surface area contributed by atoms with Crippen LogP contribution in [0.5, 0.6) is 5.75 Å². The molecule has 0 spiro atoms. The number of aryl methyl sites for hydroxylation is 1. The fourth-order valence-corrected chi connectivity index (χ4v) is 4.93. The summed E-state index contributed by atoms with van der Waals surface area (Å²) in [5.74, 6) is -0.0639. The van der Waals surface area contributed by atoms with Crippen molar-refractivity contribution in [3.05, 3.63) is 82.3 Å². The van der Waals surface area contributed by atoms with E-state index in [-0.39, 0.29) is 20.6 Å². The minimum atomic E-state index is -4.09. The number of nitrogens with one attached hydrogen (secondary N) is 1. The summed E-state index contributed by atoms with van der Waals surface area (Å²) in [4.78, 5) is 13.0. The summed E-state index contributed by atoms with van der Waals surface area (Å²) < 4.78 is 33.4. The van der Waals surface area contributed by atoms with Gasteiger partial charge in [0.1, 0.15) is 12.3 Å². The summed E-state index contributed by atoms with van der Waals surface area (Å²) in [7, 11) is -4.09. The molecule has 1 amide bonds. The fourth-order valence-electron chi connectivity index (χ4n) is 3.01. The third kappa shape index (κ3) is 5.73. The number of halogens is 2. The Labute approximate surface area is 197 Å². The average molecular weight is 493 g/mol. The molecule has 9 heteroatoms. The largest absolute Gasteiger partial charge is 0.492 e. The van der Waals surface area contributed by atoms with Gasteiger partial charge in [0.25, 0.3) is 10.0 Å². The smallest absolute Gasteiger partial charge is 0.264 e. The zero-order valence-corrected chi connectivity index (χ0v) is 19.8. The fraction of sp³-hybridized carbons (Fsp3) is 0.174. The number of hydrogen-bond donors (Lipinski definition) is 1. The van der Waals surface area contributed by atoms with E-state index < -0.39 is 22.5 Å². The number of rotatable bonds is 8. The average Bonchev–Trinajstić information content (AvgIpc) is 2.73. The second-order valence-corrected chi connectivity index (χ2v) is 9.66. The van der Waals surface area contributed by atoms with Crippen LogP contribution in [0, 0.1) is 6.92 Å². The van der Waals surface area contributed by atoms with Crippen molar-refractivity contribution in [3.8, 4) is 5.75 Å². The molecule has 0 bridgehead atoms. The van der Waals surface area contributed by atoms with Crippen molar-refractivity contribution in [1.82, 2.24) is 0 Å². The SMILES string of the molecule is CCOc1ccccc1NC(=O)CN(c1cc(Cl)cc(Cl)c1)S(=O)(=O)c1ccc(C)cc1. The number of hydrogen-bond acceptors (Lipinski definition) is 4. The highest BCUT2D eigenvalue weighted by Gasteiger charge is 2.28. The van der Waals surface area contributed by atoms with Gasteiger partial charge in [-0.15, -0.1) is 0 Å². The van der Waals surface area contributed by atoms with E-state index in [2.05, 4.69) is 5.32 Å². The lowest BCUT2D eigenvalue weighted by Crippen LogP contribution is -2.38. The zero-order chi connectivity index (χ0) is 23.3. The molecule has 3 aromatic carbocycles. The molecule has 6 nitrogen and oxygen atoms in total. The molecular formula is C23H22Cl2N2O4S. The predicted molar refractivity (Wildman–Crippen MR) is 128 cm³/mol. The highest BCUT2D eigenvalue weighted by atomic mass is 35.5. The van der Waals surface area contributed by atoms with Crippen LogP contribution in [0.15, 0.2) is 71.6 Å². The van der Waals surface area contributed by atoms with E-state index in [0.29, 0.717) is 18.0 Å². The Bertz CT molecular complexity index is 1190. The third-order valence-corrected chi connectivity index (χ3v) is 6.72. The van der Waals surface area contributed by atoms with E-state index in [0.717, 1.165) is 9.87 Å². The van der Waals surface area contributed by atoms with Crippen molar-refractivity contribution in [3.63, 3.8) is 0 Å². The first-order valence-electron chi connectivity index (χ1n) is 9.78. The Balaban J connectivity index is 1.98. The molecule has 1 N–H and O–H groups in total. The number of sulfonamides is 1. The van der Waals surface area contributed by atoms with E-state index in [4.69, 9.17) is 27.9 Å². The van der Waals surface area contributed by atoms with Gasteiger partial charge in [0.05, 0.1) is 22.9 Å². The Kier molecular flexibility index (Phi) is 7.66. The summed E-state index contributed by atoms with van der Waals surface area (Å²) >= 11 is 12.2. The van der Waals surface area contributed by atoms with Crippen molar-refractivity contribution < 1.29 is 17.9 Å². The summed E-state index contributed by atoms with van der Waals surface area (Å²) in [5, 5.41) is 3.22. The molecule has 0 aliphatic rings. The maximum atomic E-state index is 13.5. The van der Waals surface area contributed by atoms with Crippen LogP contribution in [-0.2, 0) is 14.8 Å². The molecule has 0 atom stereocenters. The van der Waals surface area contributed by atoms with Crippen molar-refractivity contribution in [2.24, 2.45) is 0 Å². The van der Waals surface area contributed by atoms with Gasteiger partial charge in [0.2, 0.25) is 5.91 Å². The molecule has 0 aliphatic carbocycles. The Morgan fingerprint density at radius 2 is 1.62 bits per heavy atom. The summed E-state index contributed by atoms with van der Waals surface area (Å²) in [6.45, 7) is 3.61. The molecule has 0 saturated heterocycles. The number of para-hydroxylation sites is 2.